The molecule has 2 amide bonds. The number of halogens is 3. The van der Waals surface area contributed by atoms with Gasteiger partial charge >= 0.3 is 6.18 Å². The van der Waals surface area contributed by atoms with E-state index in [1.165, 1.54) is 18.1 Å². The molecule has 0 heterocycles. The highest BCUT2D eigenvalue weighted by atomic mass is 32.2. The normalized spacial score (nSPS) is 12.5. The van der Waals surface area contributed by atoms with Gasteiger partial charge in [0.2, 0.25) is 21.8 Å². The number of anilines is 1. The number of carbonyl (C=O) groups is 2. The lowest BCUT2D eigenvalue weighted by Gasteiger charge is -2.31. The van der Waals surface area contributed by atoms with Gasteiger partial charge in [-0.2, -0.15) is 13.2 Å². The van der Waals surface area contributed by atoms with Gasteiger partial charge in [0.15, 0.2) is 0 Å². The third kappa shape index (κ3) is 8.64. The van der Waals surface area contributed by atoms with Crippen molar-refractivity contribution in [2.24, 2.45) is 0 Å². The summed E-state index contributed by atoms with van der Waals surface area (Å²) in [5.41, 5.74) is -0.379. The third-order valence-electron chi connectivity index (χ3n) is 5.84. The quantitative estimate of drug-likeness (QED) is 0.398. The summed E-state index contributed by atoms with van der Waals surface area (Å²) in [5, 5.41) is 2.74. The number of likely N-dealkylation sites (N-methyl/N-ethyl adjacent to an activating group) is 1. The molecule has 0 aliphatic rings. The average Bonchev–Trinajstić information content (AvgIpc) is 2.85. The van der Waals surface area contributed by atoms with Gasteiger partial charge in [0.25, 0.3) is 0 Å². The summed E-state index contributed by atoms with van der Waals surface area (Å²) in [7, 11) is -2.42. The average molecular weight is 558 g/mol. The number of nitrogens with one attached hydrogen (secondary N) is 1. The number of hydrogen-bond acceptors (Lipinski definition) is 5. The minimum atomic E-state index is -4.63. The third-order valence-corrected chi connectivity index (χ3v) is 7.03. The summed E-state index contributed by atoms with van der Waals surface area (Å²) in [6.07, 6.45) is -3.48. The predicted molar refractivity (Wildman–Crippen MR) is 139 cm³/mol. The van der Waals surface area contributed by atoms with Crippen LogP contribution >= 0.6 is 0 Å². The highest BCUT2D eigenvalue weighted by Crippen LogP contribution is 2.32. The number of carbonyl (C=O) groups excluding carboxylic acids is 2. The molecule has 0 aliphatic carbocycles. The first-order chi connectivity index (χ1) is 17.8. The van der Waals surface area contributed by atoms with Gasteiger partial charge in [0.1, 0.15) is 11.8 Å². The van der Waals surface area contributed by atoms with Crippen molar-refractivity contribution in [1.29, 1.82) is 0 Å². The molecule has 0 radical (unpaired) electrons. The van der Waals surface area contributed by atoms with E-state index in [1.54, 1.807) is 38.1 Å². The number of benzene rings is 2. The van der Waals surface area contributed by atoms with E-state index in [4.69, 9.17) is 4.74 Å². The minimum Gasteiger partial charge on any atom is -0.497 e. The fourth-order valence-corrected chi connectivity index (χ4v) is 4.98. The highest BCUT2D eigenvalue weighted by Gasteiger charge is 2.32. The van der Waals surface area contributed by atoms with Gasteiger partial charge in [-0.05, 0) is 55.7 Å². The topological polar surface area (TPSA) is 96.0 Å². The fraction of sp³-hybridized carbons (Fsp3) is 0.462. The summed E-state index contributed by atoms with van der Waals surface area (Å²) >= 11 is 0. The maximum atomic E-state index is 13.4. The van der Waals surface area contributed by atoms with Gasteiger partial charge in [-0.3, -0.25) is 13.9 Å². The van der Waals surface area contributed by atoms with E-state index in [9.17, 15) is 31.2 Å². The van der Waals surface area contributed by atoms with Crippen LogP contribution in [0.3, 0.4) is 0 Å². The smallest absolute Gasteiger partial charge is 0.416 e. The molecule has 0 aromatic heterocycles. The van der Waals surface area contributed by atoms with Crippen LogP contribution in [0.2, 0.25) is 0 Å². The summed E-state index contributed by atoms with van der Waals surface area (Å²) in [6.45, 7) is 3.85. The molecule has 0 bridgehead atoms. The lowest BCUT2D eigenvalue weighted by atomic mass is 10.1. The molecule has 210 valence electrons. The summed E-state index contributed by atoms with van der Waals surface area (Å²) in [4.78, 5) is 27.5. The van der Waals surface area contributed by atoms with Crippen molar-refractivity contribution in [2.75, 3.05) is 30.8 Å². The molecule has 0 saturated heterocycles. The molecule has 2 aromatic carbocycles. The van der Waals surface area contributed by atoms with E-state index in [2.05, 4.69) is 5.32 Å². The van der Waals surface area contributed by atoms with E-state index >= 15 is 0 Å². The minimum absolute atomic E-state index is 0.0303. The Balaban J connectivity index is 2.26. The van der Waals surface area contributed by atoms with Crippen LogP contribution in [0, 0.1) is 0 Å². The van der Waals surface area contributed by atoms with Crippen molar-refractivity contribution in [3.05, 3.63) is 59.7 Å². The Morgan fingerprint density at radius 2 is 1.76 bits per heavy atom. The van der Waals surface area contributed by atoms with Crippen LogP contribution in [0.5, 0.6) is 5.75 Å². The maximum Gasteiger partial charge on any atom is 0.416 e. The Kier molecular flexibility index (Phi) is 11.0. The van der Waals surface area contributed by atoms with Gasteiger partial charge in [0.05, 0.1) is 24.6 Å². The van der Waals surface area contributed by atoms with Crippen molar-refractivity contribution in [3.8, 4) is 5.75 Å². The summed E-state index contributed by atoms with van der Waals surface area (Å²) in [6, 6.07) is 10.3. The van der Waals surface area contributed by atoms with Crippen molar-refractivity contribution >= 4 is 27.5 Å². The molecule has 0 saturated carbocycles. The second kappa shape index (κ2) is 13.5. The lowest BCUT2D eigenvalue weighted by molar-refractivity contribution is -0.141. The Bertz CT molecular complexity index is 1200. The monoisotopic (exact) mass is 557 g/mol. The lowest BCUT2D eigenvalue weighted by Crippen LogP contribution is -2.49. The van der Waals surface area contributed by atoms with Crippen LogP contribution in [0.25, 0.3) is 0 Å². The van der Waals surface area contributed by atoms with Gasteiger partial charge in [-0.15, -0.1) is 0 Å². The Morgan fingerprint density at radius 1 is 1.08 bits per heavy atom. The van der Waals surface area contributed by atoms with Gasteiger partial charge in [0, 0.05) is 26.1 Å². The number of sulfonamides is 1. The molecule has 12 heteroatoms. The van der Waals surface area contributed by atoms with Crippen molar-refractivity contribution in [3.63, 3.8) is 0 Å². The van der Waals surface area contributed by atoms with Crippen LogP contribution in [-0.2, 0) is 32.3 Å². The molecule has 38 heavy (non-hydrogen) atoms. The van der Waals surface area contributed by atoms with Crippen LogP contribution in [0.4, 0.5) is 18.9 Å². The number of nitrogens with zero attached hydrogens (tertiary/aromatic N) is 2. The van der Waals surface area contributed by atoms with Crippen molar-refractivity contribution in [2.45, 2.75) is 51.9 Å². The molecule has 0 fully saturated rings. The zero-order valence-corrected chi connectivity index (χ0v) is 22.7. The SMILES string of the molecule is CCNC(=O)[C@@H](CC)N(Cc1cccc(OC)c1)C(=O)CCCN(c1cccc(C(F)(F)F)c1)S(C)(=O)=O. The molecule has 8 nitrogen and oxygen atoms in total. The first-order valence-corrected chi connectivity index (χ1v) is 14.0. The second-order valence-corrected chi connectivity index (χ2v) is 10.6. The zero-order chi connectivity index (χ0) is 28.5. The summed E-state index contributed by atoms with van der Waals surface area (Å²) < 4.78 is 70.4. The number of methoxy groups -OCH3 is 1. The highest BCUT2D eigenvalue weighted by molar-refractivity contribution is 7.92. The van der Waals surface area contributed by atoms with Crippen molar-refractivity contribution in [1.82, 2.24) is 10.2 Å². The Labute approximate surface area is 221 Å². The standard InChI is InChI=1S/C26H34F3N3O5S/c1-5-23(25(34)30-6-2)31(18-19-10-7-13-22(16-19)37-3)24(33)14-9-15-32(38(4,35)36)21-12-8-11-20(17-21)26(27,28)29/h7-8,10-13,16-17,23H,5-6,9,14-15,18H2,1-4H3,(H,30,34)/t23-/m1/s1. The Morgan fingerprint density at radius 3 is 2.34 bits per heavy atom. The largest absolute Gasteiger partial charge is 0.497 e. The van der Waals surface area contributed by atoms with E-state index in [-0.39, 0.29) is 43.4 Å². The number of rotatable bonds is 13. The molecular formula is C26H34F3N3O5S. The van der Waals surface area contributed by atoms with Gasteiger partial charge in [-0.1, -0.05) is 25.1 Å². The van der Waals surface area contributed by atoms with Crippen LogP contribution < -0.4 is 14.4 Å². The van der Waals surface area contributed by atoms with E-state index < -0.39 is 27.8 Å². The molecule has 2 aromatic rings. The van der Waals surface area contributed by atoms with E-state index in [1.807, 2.05) is 0 Å². The molecule has 2 rings (SSSR count). The van der Waals surface area contributed by atoms with Gasteiger partial charge < -0.3 is 15.0 Å². The predicted octanol–water partition coefficient (Wildman–Crippen LogP) is 4.20. The molecule has 1 atom stereocenters. The van der Waals surface area contributed by atoms with Gasteiger partial charge in [-0.25, -0.2) is 8.42 Å². The number of hydrogen-bond donors (Lipinski definition) is 1. The van der Waals surface area contributed by atoms with E-state index in [0.717, 1.165) is 34.3 Å². The van der Waals surface area contributed by atoms with Crippen molar-refractivity contribution < 1.29 is 35.9 Å². The molecule has 0 unspecified atom stereocenters. The fourth-order valence-electron chi connectivity index (χ4n) is 4.02. The van der Waals surface area contributed by atoms with Crippen LogP contribution in [0.15, 0.2) is 48.5 Å². The van der Waals surface area contributed by atoms with E-state index in [0.29, 0.717) is 18.7 Å². The number of alkyl halides is 3. The first kappa shape index (κ1) is 30.9. The zero-order valence-electron chi connectivity index (χ0n) is 21.9. The number of amides is 2. The molecule has 1 N–H and O–H groups in total. The molecular weight excluding hydrogens is 523 g/mol. The summed E-state index contributed by atoms with van der Waals surface area (Å²) in [5.74, 6) is -0.109. The first-order valence-electron chi connectivity index (χ1n) is 12.2. The van der Waals surface area contributed by atoms with Crippen LogP contribution in [-0.4, -0.2) is 57.6 Å². The number of ether oxygens (including phenoxy) is 1. The second-order valence-electron chi connectivity index (χ2n) is 8.68. The Hall–Kier alpha value is -3.28. The van der Waals surface area contributed by atoms with Crippen LogP contribution in [0.1, 0.15) is 44.2 Å². The maximum absolute atomic E-state index is 13.4. The molecule has 0 spiro atoms. The molecule has 0 aliphatic heterocycles.